The minimum Gasteiger partial charge on any atom is -0.450 e. The van der Waals surface area contributed by atoms with Crippen molar-refractivity contribution < 1.29 is 27.9 Å². The third kappa shape index (κ3) is 5.76. The molecule has 20 heavy (non-hydrogen) atoms. The van der Waals surface area contributed by atoms with Crippen LogP contribution in [-0.2, 0) is 18.0 Å². The topological polar surface area (TPSA) is 77.5 Å². The molecule has 0 spiro atoms. The fourth-order valence-corrected chi connectivity index (χ4v) is 3.52. The average Bonchev–Trinajstić information content (AvgIpc) is 2.47. The summed E-state index contributed by atoms with van der Waals surface area (Å²) in [5.74, 6) is 0. The molecule has 0 aliphatic carbocycles. The van der Waals surface area contributed by atoms with E-state index in [1.807, 2.05) is 0 Å². The minimum atomic E-state index is -2.62. The largest absolute Gasteiger partial charge is 0.500 e. The van der Waals surface area contributed by atoms with Crippen LogP contribution in [0, 0.1) is 0 Å². The van der Waals surface area contributed by atoms with Gasteiger partial charge in [-0.2, -0.15) is 0 Å². The smallest absolute Gasteiger partial charge is 0.450 e. The van der Waals surface area contributed by atoms with Crippen LogP contribution in [-0.4, -0.2) is 72.0 Å². The van der Waals surface area contributed by atoms with Crippen molar-refractivity contribution in [1.29, 1.82) is 0 Å². The van der Waals surface area contributed by atoms with Gasteiger partial charge in [0.1, 0.15) is 0 Å². The van der Waals surface area contributed by atoms with Gasteiger partial charge in [-0.1, -0.05) is 0 Å². The molecule has 0 radical (unpaired) electrons. The standard InChI is InChI=1S/C12H27NO6Si/c1-6-19-12(15)13(11(2)10-14)8-7-9-20(16-3,17-4)18-5/h11,14H,6-10H2,1-5H3. The Morgan fingerprint density at radius 3 is 2.20 bits per heavy atom. The Morgan fingerprint density at radius 1 is 1.25 bits per heavy atom. The molecule has 0 saturated heterocycles. The molecule has 0 aromatic heterocycles. The lowest BCUT2D eigenvalue weighted by Crippen LogP contribution is -2.45. The van der Waals surface area contributed by atoms with E-state index in [-0.39, 0.29) is 12.6 Å². The number of hydrogen-bond acceptors (Lipinski definition) is 6. The zero-order valence-corrected chi connectivity index (χ0v) is 14.0. The van der Waals surface area contributed by atoms with Gasteiger partial charge in [-0.15, -0.1) is 0 Å². The lowest BCUT2D eigenvalue weighted by Gasteiger charge is -2.29. The van der Waals surface area contributed by atoms with E-state index in [2.05, 4.69) is 0 Å². The first-order valence-electron chi connectivity index (χ1n) is 6.69. The number of aliphatic hydroxyl groups is 1. The molecule has 0 rings (SSSR count). The van der Waals surface area contributed by atoms with E-state index in [0.29, 0.717) is 25.6 Å². The van der Waals surface area contributed by atoms with Gasteiger partial charge in [0.2, 0.25) is 0 Å². The highest BCUT2D eigenvalue weighted by atomic mass is 28.4. The molecule has 1 unspecified atom stereocenters. The fraction of sp³-hybridized carbons (Fsp3) is 0.917. The first-order chi connectivity index (χ1) is 9.50. The summed E-state index contributed by atoms with van der Waals surface area (Å²) < 4.78 is 21.0. The number of carbonyl (C=O) groups excluding carboxylic acids is 1. The molecule has 1 N–H and O–H groups in total. The van der Waals surface area contributed by atoms with Gasteiger partial charge in [0.15, 0.2) is 0 Å². The van der Waals surface area contributed by atoms with Gasteiger partial charge in [-0.05, 0) is 20.3 Å². The van der Waals surface area contributed by atoms with Crippen LogP contribution in [0.1, 0.15) is 20.3 Å². The molecule has 1 atom stereocenters. The Labute approximate surface area is 122 Å². The Hall–Kier alpha value is -0.673. The third-order valence-electron chi connectivity index (χ3n) is 3.11. The molecule has 1 amide bonds. The lowest BCUT2D eigenvalue weighted by atomic mass is 10.3. The zero-order valence-electron chi connectivity index (χ0n) is 13.0. The second-order valence-corrected chi connectivity index (χ2v) is 7.41. The van der Waals surface area contributed by atoms with Crippen molar-refractivity contribution in [2.24, 2.45) is 0 Å². The summed E-state index contributed by atoms with van der Waals surface area (Å²) in [6.07, 6.45) is 0.221. The molecule has 7 nitrogen and oxygen atoms in total. The van der Waals surface area contributed by atoms with Crippen molar-refractivity contribution in [3.8, 4) is 0 Å². The van der Waals surface area contributed by atoms with Gasteiger partial charge < -0.3 is 28.0 Å². The van der Waals surface area contributed by atoms with Gasteiger partial charge in [0.05, 0.1) is 19.3 Å². The molecule has 0 heterocycles. The summed E-state index contributed by atoms with van der Waals surface area (Å²) >= 11 is 0. The molecular formula is C12H27NO6Si. The predicted octanol–water partition coefficient (Wildman–Crippen LogP) is 1.09. The van der Waals surface area contributed by atoms with Gasteiger partial charge in [0, 0.05) is 33.9 Å². The van der Waals surface area contributed by atoms with Crippen LogP contribution in [0.15, 0.2) is 0 Å². The van der Waals surface area contributed by atoms with Crippen molar-refractivity contribution in [2.75, 3.05) is 41.1 Å². The molecule has 0 saturated carbocycles. The summed E-state index contributed by atoms with van der Waals surface area (Å²) in [7, 11) is 2.04. The second-order valence-electron chi connectivity index (χ2n) is 4.32. The second kappa shape index (κ2) is 10.1. The van der Waals surface area contributed by atoms with Crippen molar-refractivity contribution in [1.82, 2.24) is 4.90 Å². The molecule has 0 fully saturated rings. The highest BCUT2D eigenvalue weighted by molar-refractivity contribution is 6.60. The first kappa shape index (κ1) is 19.3. The Balaban J connectivity index is 4.50. The monoisotopic (exact) mass is 309 g/mol. The Morgan fingerprint density at radius 2 is 1.80 bits per heavy atom. The van der Waals surface area contributed by atoms with Gasteiger partial charge in [-0.3, -0.25) is 0 Å². The van der Waals surface area contributed by atoms with Crippen LogP contribution in [0.5, 0.6) is 0 Å². The SMILES string of the molecule is CCOC(=O)N(CCC[Si](OC)(OC)OC)C(C)CO. The number of hydrogen-bond donors (Lipinski definition) is 1. The van der Waals surface area contributed by atoms with Crippen LogP contribution >= 0.6 is 0 Å². The summed E-state index contributed by atoms with van der Waals surface area (Å²) in [5, 5.41) is 9.21. The van der Waals surface area contributed by atoms with E-state index < -0.39 is 14.9 Å². The molecule has 0 aromatic carbocycles. The summed E-state index contributed by atoms with van der Waals surface area (Å²) in [6, 6.07) is 0.294. The number of nitrogens with zero attached hydrogens (tertiary/aromatic N) is 1. The first-order valence-corrected chi connectivity index (χ1v) is 8.63. The van der Waals surface area contributed by atoms with Crippen LogP contribution < -0.4 is 0 Å². The molecule has 0 bridgehead atoms. The fourth-order valence-electron chi connectivity index (χ4n) is 1.82. The van der Waals surface area contributed by atoms with Gasteiger partial charge in [0.25, 0.3) is 0 Å². The highest BCUT2D eigenvalue weighted by Crippen LogP contribution is 2.16. The van der Waals surface area contributed by atoms with Crippen molar-refractivity contribution in [3.05, 3.63) is 0 Å². The molecule has 0 aliphatic rings. The van der Waals surface area contributed by atoms with Gasteiger partial charge >= 0.3 is 14.9 Å². The maximum absolute atomic E-state index is 11.8. The van der Waals surface area contributed by atoms with E-state index in [1.165, 1.54) is 4.90 Å². The summed E-state index contributed by atoms with van der Waals surface area (Å²) in [4.78, 5) is 13.3. The third-order valence-corrected chi connectivity index (χ3v) is 5.95. The van der Waals surface area contributed by atoms with Crippen molar-refractivity contribution in [3.63, 3.8) is 0 Å². The summed E-state index contributed by atoms with van der Waals surface area (Å²) in [5.41, 5.74) is 0. The Bertz CT molecular complexity index is 266. The maximum Gasteiger partial charge on any atom is 0.500 e. The molecule has 0 aliphatic heterocycles. The Kier molecular flexibility index (Phi) is 9.77. The number of carbonyl (C=O) groups is 1. The normalized spacial score (nSPS) is 13.1. The molecule has 120 valence electrons. The van der Waals surface area contributed by atoms with E-state index in [9.17, 15) is 9.90 Å². The minimum absolute atomic E-state index is 0.111. The lowest BCUT2D eigenvalue weighted by molar-refractivity contribution is 0.0748. The van der Waals surface area contributed by atoms with E-state index in [4.69, 9.17) is 18.0 Å². The quantitative estimate of drug-likeness (QED) is 0.609. The van der Waals surface area contributed by atoms with Crippen LogP contribution in [0.3, 0.4) is 0 Å². The average molecular weight is 309 g/mol. The number of amides is 1. The van der Waals surface area contributed by atoms with E-state index in [0.717, 1.165) is 0 Å². The number of aliphatic hydroxyl groups excluding tert-OH is 1. The van der Waals surface area contributed by atoms with Crippen LogP contribution in [0.2, 0.25) is 6.04 Å². The van der Waals surface area contributed by atoms with Crippen LogP contribution in [0.25, 0.3) is 0 Å². The highest BCUT2D eigenvalue weighted by Gasteiger charge is 2.37. The molecule has 0 aromatic rings. The van der Waals surface area contributed by atoms with Crippen molar-refractivity contribution in [2.45, 2.75) is 32.4 Å². The van der Waals surface area contributed by atoms with Crippen molar-refractivity contribution >= 4 is 14.9 Å². The predicted molar refractivity (Wildman–Crippen MR) is 76.5 cm³/mol. The maximum atomic E-state index is 11.8. The molecular weight excluding hydrogens is 282 g/mol. The zero-order chi connectivity index (χ0) is 15.6. The molecule has 8 heteroatoms. The number of rotatable bonds is 10. The summed E-state index contributed by atoms with van der Waals surface area (Å²) in [6.45, 7) is 4.16. The van der Waals surface area contributed by atoms with E-state index in [1.54, 1.807) is 35.2 Å². The van der Waals surface area contributed by atoms with E-state index >= 15 is 0 Å². The van der Waals surface area contributed by atoms with Gasteiger partial charge in [-0.25, -0.2) is 4.79 Å². The number of ether oxygens (including phenoxy) is 1. The van der Waals surface area contributed by atoms with Crippen LogP contribution in [0.4, 0.5) is 4.79 Å².